The van der Waals surface area contributed by atoms with Crippen LogP contribution in [-0.2, 0) is 28.7 Å². The molecule has 6 heterocycles. The highest BCUT2D eigenvalue weighted by atomic mass is 19.4. The number of fused-ring (bicyclic) bond motifs is 2. The minimum atomic E-state index is -4.56. The van der Waals surface area contributed by atoms with Crippen LogP contribution in [0.15, 0.2) is 73.8 Å². The van der Waals surface area contributed by atoms with Gasteiger partial charge in [0.2, 0.25) is 17.6 Å². The second kappa shape index (κ2) is 12.8. The molecule has 0 unspecified atom stereocenters. The average molecular weight is 708 g/mol. The Morgan fingerprint density at radius 3 is 2.53 bits per heavy atom. The zero-order valence-corrected chi connectivity index (χ0v) is 27.1. The highest BCUT2D eigenvalue weighted by Gasteiger charge is 2.46. The number of carbonyl (C=O) groups excluding carboxylic acids is 2. The van der Waals surface area contributed by atoms with Gasteiger partial charge in [0.25, 0.3) is 0 Å². The Morgan fingerprint density at radius 1 is 1.00 bits per heavy atom. The molecule has 0 aliphatic heterocycles. The molecule has 18 heteroatoms. The molecule has 6 aromatic rings. The molecule has 0 saturated heterocycles. The van der Waals surface area contributed by atoms with Crippen molar-refractivity contribution in [1.82, 2.24) is 54.5 Å². The molecule has 1 aliphatic carbocycles. The van der Waals surface area contributed by atoms with Crippen molar-refractivity contribution in [2.75, 3.05) is 0 Å². The van der Waals surface area contributed by atoms with E-state index in [-0.39, 0.29) is 30.4 Å². The summed E-state index contributed by atoms with van der Waals surface area (Å²) in [6.07, 6.45) is 6.83. The highest BCUT2D eigenvalue weighted by molar-refractivity contribution is 5.90. The summed E-state index contributed by atoms with van der Waals surface area (Å²) < 4.78 is 68.8. The first-order valence-corrected chi connectivity index (χ1v) is 15.8. The van der Waals surface area contributed by atoms with Gasteiger partial charge in [0.05, 0.1) is 30.0 Å². The highest BCUT2D eigenvalue weighted by Crippen LogP contribution is 2.47. The van der Waals surface area contributed by atoms with Crippen LogP contribution in [0, 0.1) is 5.92 Å². The van der Waals surface area contributed by atoms with Crippen molar-refractivity contribution in [3.8, 4) is 11.1 Å². The maximum absolute atomic E-state index is 13.8. The first-order chi connectivity index (χ1) is 24.2. The molecule has 0 radical (unpaired) electrons. The summed E-state index contributed by atoms with van der Waals surface area (Å²) in [5.41, 5.74) is 0.884. The number of hydrogen-bond acceptors (Lipinski definition) is 8. The molecular weight excluding hydrogens is 677 g/mol. The van der Waals surface area contributed by atoms with Gasteiger partial charge in [0.1, 0.15) is 6.04 Å². The molecule has 0 bridgehead atoms. The van der Waals surface area contributed by atoms with E-state index >= 15 is 0 Å². The van der Waals surface area contributed by atoms with Crippen molar-refractivity contribution in [1.29, 1.82) is 0 Å². The van der Waals surface area contributed by atoms with Crippen LogP contribution in [0.1, 0.15) is 49.7 Å². The third-order valence-corrected chi connectivity index (χ3v) is 8.59. The van der Waals surface area contributed by atoms with E-state index in [9.17, 15) is 31.5 Å². The minimum absolute atomic E-state index is 0.0550. The molecule has 13 nitrogen and oxygen atoms in total. The molecule has 1 fully saturated rings. The van der Waals surface area contributed by atoms with E-state index in [2.05, 4.69) is 40.8 Å². The van der Waals surface area contributed by atoms with Crippen LogP contribution >= 0.6 is 0 Å². The molecule has 3 atom stereocenters. The predicted molar refractivity (Wildman–Crippen MR) is 171 cm³/mol. The number of hydrogen-bond donors (Lipinski definition) is 2. The first kappa shape index (κ1) is 33.7. The van der Waals surface area contributed by atoms with Crippen molar-refractivity contribution in [3.05, 3.63) is 90.8 Å². The summed E-state index contributed by atoms with van der Waals surface area (Å²) in [7, 11) is 0. The van der Waals surface area contributed by atoms with E-state index in [0.29, 0.717) is 44.8 Å². The normalized spacial score (nSPS) is 16.9. The lowest BCUT2D eigenvalue weighted by Gasteiger charge is -2.29. The largest absolute Gasteiger partial charge is 0.419 e. The SMILES string of the molecule is CC(C)(Cn1cc(C(F)(F)F)cn1)NC(=O)[C@@H](Cc1cnc2ncccn12)NC(=O)[C@@H]1C[C@H]1c1ccc(-c2cnc3nn(C(F)F)cc3c2)cn1. The van der Waals surface area contributed by atoms with Crippen LogP contribution in [0.5, 0.6) is 0 Å². The van der Waals surface area contributed by atoms with Gasteiger partial charge in [0.15, 0.2) is 5.65 Å². The summed E-state index contributed by atoms with van der Waals surface area (Å²) in [5.74, 6) is -1.15. The Morgan fingerprint density at radius 2 is 1.80 bits per heavy atom. The maximum Gasteiger partial charge on any atom is 0.419 e. The number of halogens is 5. The number of nitrogens with one attached hydrogen (secondary N) is 2. The molecule has 7 rings (SSSR count). The second-order valence-corrected chi connectivity index (χ2v) is 13.0. The summed E-state index contributed by atoms with van der Waals surface area (Å²) in [6.45, 7) is 0.448. The van der Waals surface area contributed by atoms with Crippen molar-refractivity contribution in [2.45, 2.75) is 63.5 Å². The van der Waals surface area contributed by atoms with E-state index in [1.54, 1.807) is 61.2 Å². The van der Waals surface area contributed by atoms with Crippen LogP contribution in [0.3, 0.4) is 0 Å². The molecule has 0 spiro atoms. The second-order valence-electron chi connectivity index (χ2n) is 13.0. The van der Waals surface area contributed by atoms with Crippen molar-refractivity contribution < 1.29 is 31.5 Å². The van der Waals surface area contributed by atoms with E-state index in [4.69, 9.17) is 0 Å². The zero-order chi connectivity index (χ0) is 36.1. The quantitative estimate of drug-likeness (QED) is 0.186. The van der Waals surface area contributed by atoms with Gasteiger partial charge in [-0.25, -0.2) is 19.6 Å². The molecule has 51 heavy (non-hydrogen) atoms. The lowest BCUT2D eigenvalue weighted by atomic mass is 10.0. The summed E-state index contributed by atoms with van der Waals surface area (Å²) >= 11 is 0. The number of carbonyl (C=O) groups is 2. The third-order valence-electron chi connectivity index (χ3n) is 8.59. The monoisotopic (exact) mass is 707 g/mol. The summed E-state index contributed by atoms with van der Waals surface area (Å²) in [4.78, 5) is 44.5. The number of rotatable bonds is 11. The Labute approximate surface area is 285 Å². The molecule has 2 amide bonds. The van der Waals surface area contributed by atoms with Gasteiger partial charge in [-0.15, -0.1) is 5.10 Å². The Balaban J connectivity index is 1.04. The number of alkyl halides is 5. The zero-order valence-electron chi connectivity index (χ0n) is 27.1. The van der Waals surface area contributed by atoms with E-state index in [1.807, 2.05) is 6.07 Å². The lowest BCUT2D eigenvalue weighted by Crippen LogP contribution is -2.55. The number of nitrogens with zero attached hydrogens (tertiary/aromatic N) is 9. The van der Waals surface area contributed by atoms with Crippen LogP contribution in [0.2, 0.25) is 0 Å². The molecule has 264 valence electrons. The fourth-order valence-corrected chi connectivity index (χ4v) is 5.99. The van der Waals surface area contributed by atoms with Gasteiger partial charge in [-0.3, -0.25) is 23.7 Å². The van der Waals surface area contributed by atoms with Crippen LogP contribution in [0.25, 0.3) is 27.9 Å². The van der Waals surface area contributed by atoms with E-state index in [1.165, 1.54) is 12.4 Å². The van der Waals surface area contributed by atoms with Crippen molar-refractivity contribution in [3.63, 3.8) is 0 Å². The van der Waals surface area contributed by atoms with Crippen LogP contribution < -0.4 is 10.6 Å². The summed E-state index contributed by atoms with van der Waals surface area (Å²) in [6, 6.07) is 5.94. The predicted octanol–water partition coefficient (Wildman–Crippen LogP) is 4.57. The lowest BCUT2D eigenvalue weighted by molar-refractivity contribution is -0.137. The van der Waals surface area contributed by atoms with Gasteiger partial charge >= 0.3 is 12.7 Å². The van der Waals surface area contributed by atoms with Gasteiger partial charge in [0, 0.05) is 83.3 Å². The number of amides is 2. The Kier molecular flexibility index (Phi) is 8.46. The molecule has 2 N–H and O–H groups in total. The Hall–Kier alpha value is -5.81. The number of imidazole rings is 1. The molecule has 6 aromatic heterocycles. The topological polar surface area (TPSA) is 150 Å². The summed E-state index contributed by atoms with van der Waals surface area (Å²) in [5, 5.41) is 13.7. The van der Waals surface area contributed by atoms with E-state index in [0.717, 1.165) is 17.1 Å². The maximum atomic E-state index is 13.8. The molecular formula is C33H30F5N11O2. The van der Waals surface area contributed by atoms with Gasteiger partial charge in [-0.1, -0.05) is 6.07 Å². The fourth-order valence-electron chi connectivity index (χ4n) is 5.99. The van der Waals surface area contributed by atoms with Gasteiger partial charge in [-0.05, 0) is 38.5 Å². The number of pyridine rings is 2. The van der Waals surface area contributed by atoms with Crippen molar-refractivity contribution in [2.24, 2.45) is 5.92 Å². The van der Waals surface area contributed by atoms with Crippen LogP contribution in [0.4, 0.5) is 22.0 Å². The molecule has 1 saturated carbocycles. The third kappa shape index (κ3) is 7.25. The smallest absolute Gasteiger partial charge is 0.348 e. The van der Waals surface area contributed by atoms with Crippen LogP contribution in [-0.4, -0.2) is 67.3 Å². The average Bonchev–Trinajstić information content (AvgIpc) is 3.36. The van der Waals surface area contributed by atoms with Crippen molar-refractivity contribution >= 4 is 28.6 Å². The van der Waals surface area contributed by atoms with Gasteiger partial charge in [-0.2, -0.15) is 27.1 Å². The van der Waals surface area contributed by atoms with Gasteiger partial charge < -0.3 is 10.6 Å². The first-order valence-electron chi connectivity index (χ1n) is 15.8. The standard InChI is InChI=1S/C33H30F5N11O2/c1-32(2,17-47-16-21(13-43-47)33(36,37)38)45-29(51)26(9-22-14-42-31-39-6-3-7-48(22)31)44-28(50)24-10-23(24)25-5-4-18(11-40-25)19-8-20-15-49(30(34)35)46-27(20)41-12-19/h3-8,11-16,23-24,26,30H,9-10,17H2,1-2H3,(H,44,50)(H,45,51)/t23-,24-,26-/m1/s1. The minimum Gasteiger partial charge on any atom is -0.348 e. The Bertz CT molecular complexity index is 2230. The fraction of sp³-hybridized carbons (Fsp3) is 0.333. The molecule has 0 aromatic carbocycles. The number of aromatic nitrogens is 9. The molecule has 1 aliphatic rings. The van der Waals surface area contributed by atoms with E-state index < -0.39 is 41.7 Å².